The predicted molar refractivity (Wildman–Crippen MR) is 86.1 cm³/mol. The van der Waals surface area contributed by atoms with E-state index < -0.39 is 0 Å². The van der Waals surface area contributed by atoms with E-state index in [2.05, 4.69) is 0 Å². The minimum Gasteiger partial charge on any atom is -0.493 e. The highest BCUT2D eigenvalue weighted by molar-refractivity contribution is 5.95. The van der Waals surface area contributed by atoms with Crippen LogP contribution < -0.4 is 9.47 Å². The Labute approximate surface area is 136 Å². The van der Waals surface area contributed by atoms with Gasteiger partial charge in [-0.1, -0.05) is 0 Å². The van der Waals surface area contributed by atoms with Gasteiger partial charge in [0.2, 0.25) is 0 Å². The highest BCUT2D eigenvalue weighted by atomic mass is 16.5. The average molecular weight is 321 g/mol. The standard InChI is InChI=1S/C16H23N3O4/c1-17(2)16(21)19-9-7-18(8-10-19)15(20)12-5-6-13(22-3)14(11-12)23-4/h5-6,11H,7-10H2,1-4H3. The number of piperazine rings is 1. The minimum atomic E-state index is -0.0668. The first-order valence-electron chi connectivity index (χ1n) is 7.45. The van der Waals surface area contributed by atoms with Gasteiger partial charge >= 0.3 is 6.03 Å². The van der Waals surface area contributed by atoms with E-state index in [1.165, 1.54) is 7.11 Å². The first kappa shape index (κ1) is 16.9. The smallest absolute Gasteiger partial charge is 0.319 e. The number of carbonyl (C=O) groups excluding carboxylic acids is 2. The zero-order chi connectivity index (χ0) is 17.0. The van der Waals surface area contributed by atoms with E-state index in [-0.39, 0.29) is 11.9 Å². The molecule has 0 saturated carbocycles. The molecule has 3 amide bonds. The van der Waals surface area contributed by atoms with Crippen LogP contribution in [0.5, 0.6) is 11.5 Å². The van der Waals surface area contributed by atoms with Crippen LogP contribution in [0, 0.1) is 0 Å². The molecule has 0 N–H and O–H groups in total. The van der Waals surface area contributed by atoms with Crippen molar-refractivity contribution in [2.24, 2.45) is 0 Å². The van der Waals surface area contributed by atoms with Crippen molar-refractivity contribution in [3.05, 3.63) is 23.8 Å². The first-order chi connectivity index (χ1) is 11.0. The second-order valence-corrected chi connectivity index (χ2v) is 5.53. The van der Waals surface area contributed by atoms with Gasteiger partial charge in [0.25, 0.3) is 5.91 Å². The van der Waals surface area contributed by atoms with Crippen molar-refractivity contribution in [3.8, 4) is 11.5 Å². The fraction of sp³-hybridized carbons (Fsp3) is 0.500. The van der Waals surface area contributed by atoms with Crippen LogP contribution in [0.3, 0.4) is 0 Å². The molecular weight excluding hydrogens is 298 g/mol. The molecule has 1 aliphatic heterocycles. The summed E-state index contributed by atoms with van der Waals surface area (Å²) >= 11 is 0. The van der Waals surface area contributed by atoms with Crippen LogP contribution in [0.4, 0.5) is 4.79 Å². The van der Waals surface area contributed by atoms with E-state index in [4.69, 9.17) is 9.47 Å². The van der Waals surface area contributed by atoms with Crippen LogP contribution >= 0.6 is 0 Å². The van der Waals surface area contributed by atoms with Crippen LogP contribution in [0.1, 0.15) is 10.4 Å². The Kier molecular flexibility index (Phi) is 5.31. The van der Waals surface area contributed by atoms with Crippen molar-refractivity contribution in [1.82, 2.24) is 14.7 Å². The van der Waals surface area contributed by atoms with Gasteiger partial charge < -0.3 is 24.2 Å². The molecule has 0 atom stereocenters. The molecule has 1 aromatic rings. The maximum absolute atomic E-state index is 12.6. The Balaban J connectivity index is 2.04. The second kappa shape index (κ2) is 7.21. The van der Waals surface area contributed by atoms with Crippen LogP contribution in [-0.4, -0.2) is 81.1 Å². The molecule has 0 aromatic heterocycles. The number of hydrogen-bond acceptors (Lipinski definition) is 4. The fourth-order valence-electron chi connectivity index (χ4n) is 2.54. The van der Waals surface area contributed by atoms with Crippen molar-refractivity contribution < 1.29 is 19.1 Å². The molecule has 1 fully saturated rings. The number of nitrogens with zero attached hydrogens (tertiary/aromatic N) is 3. The molecule has 0 bridgehead atoms. The van der Waals surface area contributed by atoms with Crippen molar-refractivity contribution in [3.63, 3.8) is 0 Å². The summed E-state index contributed by atoms with van der Waals surface area (Å²) < 4.78 is 10.4. The van der Waals surface area contributed by atoms with Crippen molar-refractivity contribution in [2.45, 2.75) is 0 Å². The molecule has 1 heterocycles. The third-order valence-electron chi connectivity index (χ3n) is 3.85. The van der Waals surface area contributed by atoms with Gasteiger partial charge in [0.05, 0.1) is 14.2 Å². The van der Waals surface area contributed by atoms with Gasteiger partial charge in [-0.2, -0.15) is 0 Å². The molecule has 126 valence electrons. The van der Waals surface area contributed by atoms with Gasteiger partial charge in [0, 0.05) is 45.8 Å². The zero-order valence-corrected chi connectivity index (χ0v) is 14.0. The molecule has 1 saturated heterocycles. The topological polar surface area (TPSA) is 62.3 Å². The Hall–Kier alpha value is -2.44. The van der Waals surface area contributed by atoms with Crippen molar-refractivity contribution in [1.29, 1.82) is 0 Å². The number of urea groups is 1. The molecule has 23 heavy (non-hydrogen) atoms. The highest BCUT2D eigenvalue weighted by Gasteiger charge is 2.26. The summed E-state index contributed by atoms with van der Waals surface area (Å²) in [5.74, 6) is 1.05. The fourth-order valence-corrected chi connectivity index (χ4v) is 2.54. The van der Waals surface area contributed by atoms with E-state index in [0.717, 1.165) is 0 Å². The Morgan fingerprint density at radius 1 is 0.957 bits per heavy atom. The molecule has 0 unspecified atom stereocenters. The molecule has 1 aromatic carbocycles. The summed E-state index contributed by atoms with van der Waals surface area (Å²) in [6.07, 6.45) is 0. The van der Waals surface area contributed by atoms with Gasteiger partial charge in [0.1, 0.15) is 0 Å². The zero-order valence-electron chi connectivity index (χ0n) is 14.0. The number of amides is 3. The lowest BCUT2D eigenvalue weighted by atomic mass is 10.1. The number of hydrogen-bond donors (Lipinski definition) is 0. The lowest BCUT2D eigenvalue weighted by Gasteiger charge is -2.36. The van der Waals surface area contributed by atoms with E-state index in [1.54, 1.807) is 54.1 Å². The van der Waals surface area contributed by atoms with Gasteiger partial charge in [-0.3, -0.25) is 4.79 Å². The molecule has 1 aliphatic rings. The van der Waals surface area contributed by atoms with Crippen LogP contribution in [-0.2, 0) is 0 Å². The van der Waals surface area contributed by atoms with Crippen LogP contribution in [0.25, 0.3) is 0 Å². The molecular formula is C16H23N3O4. The van der Waals surface area contributed by atoms with E-state index in [0.29, 0.717) is 43.2 Å². The molecule has 7 nitrogen and oxygen atoms in total. The van der Waals surface area contributed by atoms with Crippen molar-refractivity contribution in [2.75, 3.05) is 54.5 Å². The van der Waals surface area contributed by atoms with Gasteiger partial charge in [0.15, 0.2) is 11.5 Å². The quantitative estimate of drug-likeness (QED) is 0.838. The third-order valence-corrected chi connectivity index (χ3v) is 3.85. The summed E-state index contributed by atoms with van der Waals surface area (Å²) in [5, 5.41) is 0. The number of methoxy groups -OCH3 is 2. The summed E-state index contributed by atoms with van der Waals surface area (Å²) in [4.78, 5) is 29.6. The average Bonchev–Trinajstić information content (AvgIpc) is 2.59. The molecule has 0 radical (unpaired) electrons. The Bertz CT molecular complexity index is 581. The van der Waals surface area contributed by atoms with Crippen molar-refractivity contribution >= 4 is 11.9 Å². The predicted octanol–water partition coefficient (Wildman–Crippen LogP) is 1.14. The highest BCUT2D eigenvalue weighted by Crippen LogP contribution is 2.28. The summed E-state index contributed by atoms with van der Waals surface area (Å²) in [6.45, 7) is 2.12. The molecule has 7 heteroatoms. The molecule has 2 rings (SSSR count). The Morgan fingerprint density at radius 2 is 1.52 bits per heavy atom. The summed E-state index contributed by atoms with van der Waals surface area (Å²) in [6, 6.07) is 5.10. The van der Waals surface area contributed by atoms with E-state index in [1.807, 2.05) is 0 Å². The molecule has 0 spiro atoms. The number of benzene rings is 1. The number of ether oxygens (including phenoxy) is 2. The van der Waals surface area contributed by atoms with Gasteiger partial charge in [-0.15, -0.1) is 0 Å². The Morgan fingerprint density at radius 3 is 2.04 bits per heavy atom. The lowest BCUT2D eigenvalue weighted by Crippen LogP contribution is -2.52. The number of carbonyl (C=O) groups is 2. The number of rotatable bonds is 3. The second-order valence-electron chi connectivity index (χ2n) is 5.53. The van der Waals surface area contributed by atoms with Crippen LogP contribution in [0.2, 0.25) is 0 Å². The maximum atomic E-state index is 12.6. The summed E-state index contributed by atoms with van der Waals surface area (Å²) in [7, 11) is 6.55. The SMILES string of the molecule is COc1ccc(C(=O)N2CCN(C(=O)N(C)C)CC2)cc1OC. The largest absolute Gasteiger partial charge is 0.493 e. The van der Waals surface area contributed by atoms with E-state index >= 15 is 0 Å². The van der Waals surface area contributed by atoms with Gasteiger partial charge in [-0.25, -0.2) is 4.79 Å². The monoisotopic (exact) mass is 321 g/mol. The first-order valence-corrected chi connectivity index (χ1v) is 7.45. The minimum absolute atomic E-state index is 0.0248. The lowest BCUT2D eigenvalue weighted by molar-refractivity contribution is 0.0650. The molecule has 0 aliphatic carbocycles. The van der Waals surface area contributed by atoms with E-state index in [9.17, 15) is 9.59 Å². The van der Waals surface area contributed by atoms with Gasteiger partial charge in [-0.05, 0) is 18.2 Å². The van der Waals surface area contributed by atoms with Crippen LogP contribution in [0.15, 0.2) is 18.2 Å². The normalized spacial score (nSPS) is 14.4. The summed E-state index contributed by atoms with van der Waals surface area (Å²) in [5.41, 5.74) is 0.551. The maximum Gasteiger partial charge on any atom is 0.319 e. The third kappa shape index (κ3) is 3.67.